The first-order valence-corrected chi connectivity index (χ1v) is 5.50. The highest BCUT2D eigenvalue weighted by atomic mass is 16.2. The van der Waals surface area contributed by atoms with E-state index in [2.05, 4.69) is 20.9 Å². The SMILES string of the molecule is CNC(=O)CNC(=O)c1cn2c(n1)NCCC2. The molecule has 2 rings (SSSR count). The predicted molar refractivity (Wildman–Crippen MR) is 61.7 cm³/mol. The van der Waals surface area contributed by atoms with Crippen molar-refractivity contribution in [1.82, 2.24) is 20.2 Å². The molecule has 0 fully saturated rings. The highest BCUT2D eigenvalue weighted by molar-refractivity contribution is 5.95. The number of nitrogens with one attached hydrogen (secondary N) is 3. The van der Waals surface area contributed by atoms with Gasteiger partial charge >= 0.3 is 0 Å². The lowest BCUT2D eigenvalue weighted by atomic mass is 10.4. The number of aromatic nitrogens is 2. The van der Waals surface area contributed by atoms with Crippen molar-refractivity contribution in [3.63, 3.8) is 0 Å². The summed E-state index contributed by atoms with van der Waals surface area (Å²) in [6.07, 6.45) is 2.71. The molecule has 1 aliphatic rings. The van der Waals surface area contributed by atoms with E-state index in [0.29, 0.717) is 11.6 Å². The van der Waals surface area contributed by atoms with Crippen molar-refractivity contribution in [3.8, 4) is 0 Å². The molecule has 0 aliphatic carbocycles. The van der Waals surface area contributed by atoms with E-state index in [4.69, 9.17) is 0 Å². The van der Waals surface area contributed by atoms with E-state index in [1.165, 1.54) is 7.05 Å². The zero-order valence-corrected chi connectivity index (χ0v) is 9.62. The van der Waals surface area contributed by atoms with E-state index in [-0.39, 0.29) is 18.4 Å². The topological polar surface area (TPSA) is 88.1 Å². The van der Waals surface area contributed by atoms with Gasteiger partial charge in [-0.25, -0.2) is 4.98 Å². The third-order valence-corrected chi connectivity index (χ3v) is 2.56. The minimum absolute atomic E-state index is 0.0368. The van der Waals surface area contributed by atoms with Crippen molar-refractivity contribution in [2.45, 2.75) is 13.0 Å². The van der Waals surface area contributed by atoms with Gasteiger partial charge < -0.3 is 20.5 Å². The molecule has 0 aromatic carbocycles. The molecule has 0 saturated carbocycles. The summed E-state index contributed by atoms with van der Waals surface area (Å²) in [6, 6.07) is 0. The summed E-state index contributed by atoms with van der Waals surface area (Å²) in [4.78, 5) is 26.8. The number of aryl methyl sites for hydroxylation is 1. The van der Waals surface area contributed by atoms with Gasteiger partial charge in [-0.3, -0.25) is 9.59 Å². The second kappa shape index (κ2) is 4.86. The van der Waals surface area contributed by atoms with Crippen LogP contribution in [0.15, 0.2) is 6.20 Å². The lowest BCUT2D eigenvalue weighted by molar-refractivity contribution is -0.119. The fourth-order valence-corrected chi connectivity index (χ4v) is 1.63. The predicted octanol–water partition coefficient (Wildman–Crippen LogP) is -0.825. The third-order valence-electron chi connectivity index (χ3n) is 2.56. The summed E-state index contributed by atoms with van der Waals surface area (Å²) in [5.41, 5.74) is 0.332. The molecule has 0 bridgehead atoms. The number of hydrogen-bond donors (Lipinski definition) is 3. The van der Waals surface area contributed by atoms with E-state index in [1.807, 2.05) is 4.57 Å². The molecule has 92 valence electrons. The monoisotopic (exact) mass is 237 g/mol. The maximum atomic E-state index is 11.7. The number of nitrogens with zero attached hydrogens (tertiary/aromatic N) is 2. The lowest BCUT2D eigenvalue weighted by Gasteiger charge is -2.14. The average molecular weight is 237 g/mol. The molecular formula is C10H15N5O2. The largest absolute Gasteiger partial charge is 0.358 e. The zero-order chi connectivity index (χ0) is 12.3. The highest BCUT2D eigenvalue weighted by Gasteiger charge is 2.16. The summed E-state index contributed by atoms with van der Waals surface area (Å²) in [7, 11) is 1.52. The molecule has 1 aliphatic heterocycles. The first-order chi connectivity index (χ1) is 8.20. The number of carbonyl (C=O) groups excluding carboxylic acids is 2. The van der Waals surface area contributed by atoms with E-state index < -0.39 is 0 Å². The number of fused-ring (bicyclic) bond motifs is 1. The van der Waals surface area contributed by atoms with Gasteiger partial charge in [0.25, 0.3) is 5.91 Å². The number of likely N-dealkylation sites (N-methyl/N-ethyl adjacent to an activating group) is 1. The molecular weight excluding hydrogens is 222 g/mol. The van der Waals surface area contributed by atoms with Crippen LogP contribution in [0.5, 0.6) is 0 Å². The van der Waals surface area contributed by atoms with Gasteiger partial charge in [0.2, 0.25) is 11.9 Å². The molecule has 2 amide bonds. The number of imidazole rings is 1. The summed E-state index contributed by atoms with van der Waals surface area (Å²) in [5, 5.41) is 8.04. The number of anilines is 1. The summed E-state index contributed by atoms with van der Waals surface area (Å²) in [6.45, 7) is 1.69. The van der Waals surface area contributed by atoms with Crippen LogP contribution in [-0.4, -0.2) is 41.5 Å². The fraction of sp³-hybridized carbons (Fsp3) is 0.500. The van der Waals surface area contributed by atoms with Gasteiger partial charge in [0.15, 0.2) is 0 Å². The molecule has 1 aromatic rings. The van der Waals surface area contributed by atoms with Crippen LogP contribution in [0, 0.1) is 0 Å². The summed E-state index contributed by atoms with van der Waals surface area (Å²) >= 11 is 0. The summed E-state index contributed by atoms with van der Waals surface area (Å²) < 4.78 is 1.90. The van der Waals surface area contributed by atoms with Gasteiger partial charge in [0, 0.05) is 26.3 Å². The van der Waals surface area contributed by atoms with Gasteiger partial charge in [-0.15, -0.1) is 0 Å². The Morgan fingerprint density at radius 3 is 3.12 bits per heavy atom. The molecule has 17 heavy (non-hydrogen) atoms. The van der Waals surface area contributed by atoms with Crippen molar-refractivity contribution in [2.24, 2.45) is 0 Å². The normalized spacial score (nSPS) is 13.5. The maximum absolute atomic E-state index is 11.7. The second-order valence-corrected chi connectivity index (χ2v) is 3.78. The molecule has 0 atom stereocenters. The number of rotatable bonds is 3. The van der Waals surface area contributed by atoms with Gasteiger partial charge in [0.1, 0.15) is 5.69 Å². The number of hydrogen-bond acceptors (Lipinski definition) is 4. The highest BCUT2D eigenvalue weighted by Crippen LogP contribution is 2.13. The van der Waals surface area contributed by atoms with Crippen molar-refractivity contribution < 1.29 is 9.59 Å². The quantitative estimate of drug-likeness (QED) is 0.640. The van der Waals surface area contributed by atoms with Gasteiger partial charge in [-0.2, -0.15) is 0 Å². The fourth-order valence-electron chi connectivity index (χ4n) is 1.63. The van der Waals surface area contributed by atoms with E-state index in [1.54, 1.807) is 6.20 Å². The van der Waals surface area contributed by atoms with Gasteiger partial charge in [0.05, 0.1) is 6.54 Å². The maximum Gasteiger partial charge on any atom is 0.271 e. The molecule has 0 radical (unpaired) electrons. The van der Waals surface area contributed by atoms with Crippen molar-refractivity contribution in [2.75, 3.05) is 25.5 Å². The molecule has 0 unspecified atom stereocenters. The average Bonchev–Trinajstić information content (AvgIpc) is 2.79. The Hall–Kier alpha value is -2.05. The molecule has 3 N–H and O–H groups in total. The van der Waals surface area contributed by atoms with Crippen LogP contribution < -0.4 is 16.0 Å². The zero-order valence-electron chi connectivity index (χ0n) is 9.62. The molecule has 7 heteroatoms. The molecule has 0 spiro atoms. The van der Waals surface area contributed by atoms with Crippen LogP contribution in [0.25, 0.3) is 0 Å². The lowest BCUT2D eigenvalue weighted by Crippen LogP contribution is -2.35. The molecule has 2 heterocycles. The van der Waals surface area contributed by atoms with Crippen LogP contribution in [-0.2, 0) is 11.3 Å². The Labute approximate surface area is 98.6 Å². The molecule has 0 saturated heterocycles. The number of amides is 2. The van der Waals surface area contributed by atoms with Crippen LogP contribution in [0.3, 0.4) is 0 Å². The van der Waals surface area contributed by atoms with E-state index >= 15 is 0 Å². The van der Waals surface area contributed by atoms with Gasteiger partial charge in [-0.05, 0) is 6.42 Å². The van der Waals surface area contributed by atoms with Crippen LogP contribution in [0.2, 0.25) is 0 Å². The third kappa shape index (κ3) is 2.55. The van der Waals surface area contributed by atoms with Crippen molar-refractivity contribution >= 4 is 17.8 Å². The first kappa shape index (κ1) is 11.4. The number of carbonyl (C=O) groups is 2. The van der Waals surface area contributed by atoms with Gasteiger partial charge in [-0.1, -0.05) is 0 Å². The minimum Gasteiger partial charge on any atom is -0.358 e. The Bertz CT molecular complexity index is 416. The first-order valence-electron chi connectivity index (χ1n) is 5.50. The van der Waals surface area contributed by atoms with Crippen molar-refractivity contribution in [3.05, 3.63) is 11.9 Å². The Morgan fingerprint density at radius 2 is 2.41 bits per heavy atom. The Kier molecular flexibility index (Phi) is 3.27. The van der Waals surface area contributed by atoms with E-state index in [0.717, 1.165) is 19.5 Å². The second-order valence-electron chi connectivity index (χ2n) is 3.78. The molecule has 1 aromatic heterocycles. The standard InChI is InChI=1S/C10H15N5O2/c1-11-8(16)5-13-9(17)7-6-15-4-2-3-12-10(15)14-7/h6H,2-5H2,1H3,(H,11,16)(H,12,14)(H,13,17). The van der Waals surface area contributed by atoms with Crippen molar-refractivity contribution in [1.29, 1.82) is 0 Å². The smallest absolute Gasteiger partial charge is 0.271 e. The summed E-state index contributed by atoms with van der Waals surface area (Å²) in [5.74, 6) is 0.138. The minimum atomic E-state index is -0.336. The van der Waals surface area contributed by atoms with Crippen LogP contribution >= 0.6 is 0 Å². The Morgan fingerprint density at radius 1 is 1.59 bits per heavy atom. The Balaban J connectivity index is 1.99. The molecule has 7 nitrogen and oxygen atoms in total. The van der Waals surface area contributed by atoms with Crippen LogP contribution in [0.4, 0.5) is 5.95 Å². The van der Waals surface area contributed by atoms with Crippen LogP contribution in [0.1, 0.15) is 16.9 Å². The van der Waals surface area contributed by atoms with E-state index in [9.17, 15) is 9.59 Å².